The molecule has 3 rings (SSSR count). The van der Waals surface area contributed by atoms with Gasteiger partial charge in [-0.25, -0.2) is 4.98 Å². The molecule has 6 heteroatoms. The predicted molar refractivity (Wildman–Crippen MR) is 89.4 cm³/mol. The number of thiazole rings is 1. The fraction of sp³-hybridized carbons (Fsp3) is 0.667. The molecule has 0 unspecified atom stereocenters. The van der Waals surface area contributed by atoms with Gasteiger partial charge in [-0.3, -0.25) is 4.40 Å². The molecular weight excluding hydrogens is 282 g/mol. The van der Waals surface area contributed by atoms with E-state index in [2.05, 4.69) is 46.9 Å². The highest BCUT2D eigenvalue weighted by molar-refractivity contribution is 7.15. The molecule has 0 aromatic carbocycles. The lowest BCUT2D eigenvalue weighted by molar-refractivity contribution is 0.0681. The van der Waals surface area contributed by atoms with Crippen molar-refractivity contribution < 1.29 is 0 Å². The molecule has 0 spiro atoms. The summed E-state index contributed by atoms with van der Waals surface area (Å²) in [6, 6.07) is 0. The molecule has 0 saturated heterocycles. The van der Waals surface area contributed by atoms with Crippen LogP contribution in [0.2, 0.25) is 0 Å². The van der Waals surface area contributed by atoms with Gasteiger partial charge in [0, 0.05) is 37.1 Å². The van der Waals surface area contributed by atoms with E-state index in [0.29, 0.717) is 12.1 Å². The minimum absolute atomic E-state index is 0.311. The van der Waals surface area contributed by atoms with Gasteiger partial charge in [-0.1, -0.05) is 0 Å². The standard InChI is InChI=1S/C15H25N5S/c1-18(2)15(6-4-7-15)11-19(3)13-12(5-8-16)20-9-10-21-14(20)17-13/h9-10H,4-8,11,16H2,1-3H3. The van der Waals surface area contributed by atoms with Crippen molar-refractivity contribution in [2.24, 2.45) is 5.73 Å². The summed E-state index contributed by atoms with van der Waals surface area (Å²) in [5, 5.41) is 2.08. The first-order chi connectivity index (χ1) is 10.1. The topological polar surface area (TPSA) is 49.8 Å². The average Bonchev–Trinajstić information content (AvgIpc) is 2.96. The summed E-state index contributed by atoms with van der Waals surface area (Å²) in [7, 11) is 6.55. The molecule has 21 heavy (non-hydrogen) atoms. The number of hydrogen-bond donors (Lipinski definition) is 1. The van der Waals surface area contributed by atoms with Crippen LogP contribution in [0.3, 0.4) is 0 Å². The van der Waals surface area contributed by atoms with Crippen molar-refractivity contribution in [1.29, 1.82) is 0 Å². The maximum Gasteiger partial charge on any atom is 0.195 e. The zero-order chi connectivity index (χ0) is 15.0. The van der Waals surface area contributed by atoms with E-state index in [9.17, 15) is 0 Å². The molecule has 2 aromatic rings. The van der Waals surface area contributed by atoms with Gasteiger partial charge in [0.1, 0.15) is 0 Å². The van der Waals surface area contributed by atoms with Crippen molar-refractivity contribution in [3.63, 3.8) is 0 Å². The molecule has 1 saturated carbocycles. The summed E-state index contributed by atoms with van der Waals surface area (Å²) in [6.07, 6.45) is 6.85. The van der Waals surface area contributed by atoms with E-state index in [0.717, 1.165) is 23.7 Å². The van der Waals surface area contributed by atoms with E-state index >= 15 is 0 Å². The predicted octanol–water partition coefficient (Wildman–Crippen LogP) is 1.82. The van der Waals surface area contributed by atoms with Gasteiger partial charge in [0.2, 0.25) is 0 Å². The zero-order valence-electron chi connectivity index (χ0n) is 13.2. The Labute approximate surface area is 130 Å². The number of rotatable bonds is 6. The monoisotopic (exact) mass is 307 g/mol. The van der Waals surface area contributed by atoms with Gasteiger partial charge < -0.3 is 15.5 Å². The fourth-order valence-electron chi connectivity index (χ4n) is 3.34. The molecule has 1 fully saturated rings. The highest BCUT2D eigenvalue weighted by Gasteiger charge is 2.40. The molecule has 0 radical (unpaired) electrons. The summed E-state index contributed by atoms with van der Waals surface area (Å²) in [6.45, 7) is 1.69. The molecule has 0 bridgehead atoms. The summed E-state index contributed by atoms with van der Waals surface area (Å²) in [4.78, 5) is 10.6. The number of likely N-dealkylation sites (N-methyl/N-ethyl adjacent to an activating group) is 2. The van der Waals surface area contributed by atoms with Crippen molar-refractivity contribution >= 4 is 22.1 Å². The maximum atomic E-state index is 5.80. The second-order valence-electron chi connectivity index (χ2n) is 6.30. The van der Waals surface area contributed by atoms with Crippen LogP contribution in [0.25, 0.3) is 4.96 Å². The first-order valence-corrected chi connectivity index (χ1v) is 8.48. The molecule has 1 aliphatic carbocycles. The molecule has 2 heterocycles. The van der Waals surface area contributed by atoms with E-state index < -0.39 is 0 Å². The smallest absolute Gasteiger partial charge is 0.195 e. The number of hydrogen-bond acceptors (Lipinski definition) is 5. The van der Waals surface area contributed by atoms with Crippen molar-refractivity contribution in [3.05, 3.63) is 17.3 Å². The number of imidazole rings is 1. The maximum absolute atomic E-state index is 5.80. The molecule has 0 aliphatic heterocycles. The zero-order valence-corrected chi connectivity index (χ0v) is 14.0. The Morgan fingerprint density at radius 1 is 1.38 bits per heavy atom. The molecule has 2 N–H and O–H groups in total. The summed E-state index contributed by atoms with van der Waals surface area (Å²) in [5.74, 6) is 1.10. The minimum Gasteiger partial charge on any atom is -0.356 e. The van der Waals surface area contributed by atoms with E-state index in [1.54, 1.807) is 11.3 Å². The van der Waals surface area contributed by atoms with Crippen LogP contribution >= 0.6 is 11.3 Å². The van der Waals surface area contributed by atoms with Gasteiger partial charge in [0.25, 0.3) is 0 Å². The highest BCUT2D eigenvalue weighted by atomic mass is 32.1. The number of nitrogens with two attached hydrogens (primary N) is 1. The normalized spacial score (nSPS) is 17.4. The van der Waals surface area contributed by atoms with Crippen LogP contribution in [0.4, 0.5) is 5.82 Å². The van der Waals surface area contributed by atoms with Crippen LogP contribution in [0.1, 0.15) is 25.0 Å². The second kappa shape index (κ2) is 5.59. The Hall–Kier alpha value is -1.11. The van der Waals surface area contributed by atoms with E-state index in [4.69, 9.17) is 10.7 Å². The van der Waals surface area contributed by atoms with Gasteiger partial charge in [0.15, 0.2) is 10.8 Å². The number of fused-ring (bicyclic) bond motifs is 1. The lowest BCUT2D eigenvalue weighted by atomic mass is 9.75. The first-order valence-electron chi connectivity index (χ1n) is 7.60. The Kier molecular flexibility index (Phi) is 3.94. The Morgan fingerprint density at radius 3 is 2.71 bits per heavy atom. The molecule has 2 aromatic heterocycles. The Balaban J connectivity index is 1.88. The van der Waals surface area contributed by atoms with Crippen molar-refractivity contribution in [1.82, 2.24) is 14.3 Å². The van der Waals surface area contributed by atoms with Crippen LogP contribution in [0.5, 0.6) is 0 Å². The third-order valence-corrected chi connectivity index (χ3v) is 5.60. The Morgan fingerprint density at radius 2 is 2.14 bits per heavy atom. The highest BCUT2D eigenvalue weighted by Crippen LogP contribution is 2.38. The van der Waals surface area contributed by atoms with Crippen molar-refractivity contribution in [2.45, 2.75) is 31.2 Å². The van der Waals surface area contributed by atoms with Crippen LogP contribution in [0, 0.1) is 0 Å². The van der Waals surface area contributed by atoms with Crippen LogP contribution in [-0.4, -0.2) is 54.1 Å². The SMILES string of the molecule is CN(CC1(N(C)C)CCC1)c1nc2sccn2c1CCN. The third kappa shape index (κ3) is 2.45. The minimum atomic E-state index is 0.311. The van der Waals surface area contributed by atoms with E-state index in [1.807, 2.05) is 0 Å². The van der Waals surface area contributed by atoms with Crippen LogP contribution in [-0.2, 0) is 6.42 Å². The summed E-state index contributed by atoms with van der Waals surface area (Å²) in [5.41, 5.74) is 7.35. The third-order valence-electron chi connectivity index (χ3n) is 4.85. The fourth-order valence-corrected chi connectivity index (χ4v) is 4.07. The van der Waals surface area contributed by atoms with E-state index in [1.165, 1.54) is 25.0 Å². The van der Waals surface area contributed by atoms with Crippen molar-refractivity contribution in [3.8, 4) is 0 Å². The van der Waals surface area contributed by atoms with Gasteiger partial charge in [0.05, 0.1) is 5.69 Å². The van der Waals surface area contributed by atoms with E-state index in [-0.39, 0.29) is 0 Å². The molecular formula is C15H25N5S. The number of anilines is 1. The molecule has 116 valence electrons. The van der Waals surface area contributed by atoms with Crippen molar-refractivity contribution in [2.75, 3.05) is 39.1 Å². The molecule has 0 amide bonds. The molecule has 5 nitrogen and oxygen atoms in total. The quantitative estimate of drug-likeness (QED) is 0.884. The van der Waals surface area contributed by atoms with Gasteiger partial charge in [-0.05, 0) is 39.9 Å². The van der Waals surface area contributed by atoms with Gasteiger partial charge in [-0.2, -0.15) is 0 Å². The second-order valence-corrected chi connectivity index (χ2v) is 7.18. The van der Waals surface area contributed by atoms with Gasteiger partial charge in [-0.15, -0.1) is 11.3 Å². The summed E-state index contributed by atoms with van der Waals surface area (Å²) < 4.78 is 2.19. The Bertz CT molecular complexity index is 611. The number of nitrogens with zero attached hydrogens (tertiary/aromatic N) is 4. The lowest BCUT2D eigenvalue weighted by Gasteiger charge is -2.49. The summed E-state index contributed by atoms with van der Waals surface area (Å²) >= 11 is 1.68. The number of aromatic nitrogens is 2. The van der Waals surface area contributed by atoms with Gasteiger partial charge >= 0.3 is 0 Å². The molecule has 1 aliphatic rings. The lowest BCUT2D eigenvalue weighted by Crippen LogP contribution is -2.57. The van der Waals surface area contributed by atoms with Crippen LogP contribution in [0.15, 0.2) is 11.6 Å². The average molecular weight is 307 g/mol. The van der Waals surface area contributed by atoms with Crippen LogP contribution < -0.4 is 10.6 Å². The molecule has 0 atom stereocenters. The first kappa shape index (κ1) is 14.8. The largest absolute Gasteiger partial charge is 0.356 e.